The lowest BCUT2D eigenvalue weighted by molar-refractivity contribution is 0.363. The van der Waals surface area contributed by atoms with Gasteiger partial charge < -0.3 is 10.1 Å². The molecule has 1 N–H and O–H groups in total. The minimum atomic E-state index is 0.550. The molecular formula is C13H17NO. The van der Waals surface area contributed by atoms with E-state index in [4.69, 9.17) is 4.74 Å². The lowest BCUT2D eigenvalue weighted by atomic mass is 10.2. The average molecular weight is 203 g/mol. The topological polar surface area (TPSA) is 21.3 Å². The van der Waals surface area contributed by atoms with Crippen LogP contribution in [0.25, 0.3) is 0 Å². The summed E-state index contributed by atoms with van der Waals surface area (Å²) in [5, 5.41) is 3.24. The van der Waals surface area contributed by atoms with Crippen molar-refractivity contribution in [3.8, 4) is 5.75 Å². The summed E-state index contributed by atoms with van der Waals surface area (Å²) in [6.07, 6.45) is 3.58. The van der Waals surface area contributed by atoms with Crippen LogP contribution >= 0.6 is 0 Å². The summed E-state index contributed by atoms with van der Waals surface area (Å²) >= 11 is 0. The van der Waals surface area contributed by atoms with Crippen LogP contribution in [0.5, 0.6) is 5.75 Å². The van der Waals surface area contributed by atoms with Crippen molar-refractivity contribution >= 4 is 0 Å². The van der Waals surface area contributed by atoms with Crippen LogP contribution in [-0.4, -0.2) is 13.2 Å². The van der Waals surface area contributed by atoms with Gasteiger partial charge in [-0.3, -0.25) is 0 Å². The van der Waals surface area contributed by atoms with Crippen molar-refractivity contribution < 1.29 is 4.74 Å². The summed E-state index contributed by atoms with van der Waals surface area (Å²) in [4.78, 5) is 0. The van der Waals surface area contributed by atoms with Crippen LogP contribution in [0.3, 0.4) is 0 Å². The van der Waals surface area contributed by atoms with E-state index in [-0.39, 0.29) is 0 Å². The van der Waals surface area contributed by atoms with Crippen LogP contribution < -0.4 is 10.1 Å². The Bertz CT molecular complexity index is 303. The molecule has 2 nitrogen and oxygen atoms in total. The molecule has 0 fully saturated rings. The molecule has 0 unspecified atom stereocenters. The van der Waals surface area contributed by atoms with E-state index < -0.39 is 0 Å². The van der Waals surface area contributed by atoms with Gasteiger partial charge in [0.05, 0.1) is 0 Å². The van der Waals surface area contributed by atoms with Gasteiger partial charge in [-0.05, 0) is 17.7 Å². The van der Waals surface area contributed by atoms with Crippen LogP contribution in [0.4, 0.5) is 0 Å². The summed E-state index contributed by atoms with van der Waals surface area (Å²) in [6.45, 7) is 9.48. The largest absolute Gasteiger partial charge is 0.490 e. The van der Waals surface area contributed by atoms with E-state index in [1.54, 1.807) is 6.08 Å². The number of hydrogen-bond donors (Lipinski definition) is 1. The van der Waals surface area contributed by atoms with Crippen molar-refractivity contribution in [1.29, 1.82) is 0 Å². The van der Waals surface area contributed by atoms with Gasteiger partial charge in [0.1, 0.15) is 12.4 Å². The van der Waals surface area contributed by atoms with Crippen LogP contribution in [0.15, 0.2) is 49.6 Å². The molecule has 0 aliphatic carbocycles. The van der Waals surface area contributed by atoms with Crippen molar-refractivity contribution in [2.24, 2.45) is 0 Å². The molecule has 1 rings (SSSR count). The predicted octanol–water partition coefficient (Wildman–Crippen LogP) is 2.53. The van der Waals surface area contributed by atoms with Gasteiger partial charge in [-0.15, -0.1) is 6.58 Å². The Morgan fingerprint density at radius 3 is 2.47 bits per heavy atom. The zero-order valence-corrected chi connectivity index (χ0v) is 8.91. The number of benzene rings is 1. The summed E-state index contributed by atoms with van der Waals surface area (Å²) in [7, 11) is 0. The third-order valence-corrected chi connectivity index (χ3v) is 1.91. The standard InChI is InChI=1S/C13H17NO/c1-3-9-14-11-12-5-7-13(8-6-12)15-10-4-2/h3-8,14H,1-2,9-11H2. The lowest BCUT2D eigenvalue weighted by Gasteiger charge is -2.05. The molecule has 0 saturated carbocycles. The van der Waals surface area contributed by atoms with Gasteiger partial charge in [-0.1, -0.05) is 30.9 Å². The van der Waals surface area contributed by atoms with E-state index in [9.17, 15) is 0 Å². The average Bonchev–Trinajstić information content (AvgIpc) is 2.28. The fourth-order valence-corrected chi connectivity index (χ4v) is 1.18. The van der Waals surface area contributed by atoms with Gasteiger partial charge in [0.15, 0.2) is 0 Å². The maximum atomic E-state index is 5.38. The monoisotopic (exact) mass is 203 g/mol. The summed E-state index contributed by atoms with van der Waals surface area (Å²) in [5.41, 5.74) is 1.24. The van der Waals surface area contributed by atoms with Crippen LogP contribution in [0, 0.1) is 0 Å². The van der Waals surface area contributed by atoms with Crippen molar-refractivity contribution in [2.45, 2.75) is 6.54 Å². The SMILES string of the molecule is C=CCNCc1ccc(OCC=C)cc1. The fourth-order valence-electron chi connectivity index (χ4n) is 1.18. The highest BCUT2D eigenvalue weighted by Gasteiger charge is 1.93. The molecule has 1 aromatic rings. The smallest absolute Gasteiger partial charge is 0.119 e. The van der Waals surface area contributed by atoms with E-state index in [1.807, 2.05) is 18.2 Å². The van der Waals surface area contributed by atoms with Gasteiger partial charge in [0, 0.05) is 13.1 Å². The second kappa shape index (κ2) is 6.85. The van der Waals surface area contributed by atoms with E-state index in [2.05, 4.69) is 30.6 Å². The van der Waals surface area contributed by atoms with Crippen molar-refractivity contribution in [2.75, 3.05) is 13.2 Å². The second-order valence-electron chi connectivity index (χ2n) is 3.16. The Morgan fingerprint density at radius 1 is 1.13 bits per heavy atom. The van der Waals surface area contributed by atoms with Gasteiger partial charge in [-0.2, -0.15) is 0 Å². The van der Waals surface area contributed by atoms with Crippen molar-refractivity contribution in [3.05, 3.63) is 55.1 Å². The molecule has 0 spiro atoms. The normalized spacial score (nSPS) is 9.60. The molecule has 80 valence electrons. The Hall–Kier alpha value is -1.54. The highest BCUT2D eigenvalue weighted by molar-refractivity contribution is 5.27. The first-order valence-corrected chi connectivity index (χ1v) is 5.01. The molecule has 0 atom stereocenters. The Morgan fingerprint density at radius 2 is 1.87 bits per heavy atom. The molecular weight excluding hydrogens is 186 g/mol. The third kappa shape index (κ3) is 4.47. The maximum Gasteiger partial charge on any atom is 0.119 e. The maximum absolute atomic E-state index is 5.38. The van der Waals surface area contributed by atoms with Crippen LogP contribution in [0.1, 0.15) is 5.56 Å². The Kier molecular flexibility index (Phi) is 5.26. The molecule has 0 saturated heterocycles. The molecule has 0 bridgehead atoms. The second-order valence-corrected chi connectivity index (χ2v) is 3.16. The highest BCUT2D eigenvalue weighted by Crippen LogP contribution is 2.11. The van der Waals surface area contributed by atoms with Gasteiger partial charge in [-0.25, -0.2) is 0 Å². The summed E-state index contributed by atoms with van der Waals surface area (Å²) < 4.78 is 5.38. The van der Waals surface area contributed by atoms with Crippen LogP contribution in [0.2, 0.25) is 0 Å². The molecule has 2 heteroatoms. The summed E-state index contributed by atoms with van der Waals surface area (Å²) in [6, 6.07) is 8.03. The molecule has 0 aromatic heterocycles. The van der Waals surface area contributed by atoms with E-state index in [0.29, 0.717) is 6.61 Å². The van der Waals surface area contributed by atoms with E-state index >= 15 is 0 Å². The molecule has 0 aliphatic rings. The Labute approximate surface area is 91.3 Å². The lowest BCUT2D eigenvalue weighted by Crippen LogP contribution is -2.12. The Balaban J connectivity index is 2.41. The molecule has 1 aromatic carbocycles. The van der Waals surface area contributed by atoms with Gasteiger partial charge >= 0.3 is 0 Å². The van der Waals surface area contributed by atoms with Gasteiger partial charge in [0.25, 0.3) is 0 Å². The summed E-state index contributed by atoms with van der Waals surface area (Å²) in [5.74, 6) is 0.877. The minimum absolute atomic E-state index is 0.550. The fraction of sp³-hybridized carbons (Fsp3) is 0.231. The first-order chi connectivity index (χ1) is 7.36. The zero-order valence-electron chi connectivity index (χ0n) is 8.91. The first kappa shape index (κ1) is 11.5. The number of rotatable bonds is 7. The number of ether oxygens (including phenoxy) is 1. The molecule has 0 aliphatic heterocycles. The molecule has 0 radical (unpaired) electrons. The quantitative estimate of drug-likeness (QED) is 0.543. The van der Waals surface area contributed by atoms with Crippen molar-refractivity contribution in [1.82, 2.24) is 5.32 Å². The number of nitrogens with one attached hydrogen (secondary N) is 1. The van der Waals surface area contributed by atoms with Crippen LogP contribution in [-0.2, 0) is 6.54 Å². The first-order valence-electron chi connectivity index (χ1n) is 5.01. The van der Waals surface area contributed by atoms with Crippen molar-refractivity contribution in [3.63, 3.8) is 0 Å². The molecule has 0 amide bonds. The minimum Gasteiger partial charge on any atom is -0.490 e. The van der Waals surface area contributed by atoms with Gasteiger partial charge in [0.2, 0.25) is 0 Å². The molecule has 0 heterocycles. The van der Waals surface area contributed by atoms with E-state index in [0.717, 1.165) is 18.8 Å². The molecule has 15 heavy (non-hydrogen) atoms. The van der Waals surface area contributed by atoms with E-state index in [1.165, 1.54) is 5.56 Å². The number of hydrogen-bond acceptors (Lipinski definition) is 2. The zero-order chi connectivity index (χ0) is 10.9. The predicted molar refractivity (Wildman–Crippen MR) is 64.0 cm³/mol. The highest BCUT2D eigenvalue weighted by atomic mass is 16.5. The third-order valence-electron chi connectivity index (χ3n) is 1.91.